The van der Waals surface area contributed by atoms with Crippen molar-refractivity contribution in [2.45, 2.75) is 26.1 Å². The zero-order valence-electron chi connectivity index (χ0n) is 32.9. The van der Waals surface area contributed by atoms with E-state index in [1.807, 2.05) is 85.5 Å². The van der Waals surface area contributed by atoms with Gasteiger partial charge in [0.1, 0.15) is 22.7 Å². The lowest BCUT2D eigenvalue weighted by molar-refractivity contribution is 0.0619. The topological polar surface area (TPSA) is 134 Å². The summed E-state index contributed by atoms with van der Waals surface area (Å²) in [6.07, 6.45) is 8.86. The van der Waals surface area contributed by atoms with E-state index >= 15 is 0 Å². The minimum absolute atomic E-state index is 0.230. The van der Waals surface area contributed by atoms with E-state index in [-0.39, 0.29) is 11.8 Å². The number of furan rings is 2. The molecular formula is C50H42N4O6. The largest absolute Gasteiger partial charge is 0.456 e. The van der Waals surface area contributed by atoms with Gasteiger partial charge in [-0.3, -0.25) is 24.5 Å². The highest BCUT2D eigenvalue weighted by Crippen LogP contribution is 2.34. The number of carbonyl (C=O) groups excluding carboxylic acids is 2. The van der Waals surface area contributed by atoms with Gasteiger partial charge in [-0.05, 0) is 89.8 Å². The third-order valence-electron chi connectivity index (χ3n) is 10.6. The molecule has 0 saturated carbocycles. The maximum absolute atomic E-state index is 12.5. The molecule has 0 bridgehead atoms. The SMILES string of the molecule is NCCCOCc1ccc2cncc(-c3cc4ccccc4o3)c2c1.O=C1c2ccccc2C(=O)N1CCCOCc1ccc2cncc(-c3cc4ccccc4o3)c2c1. The van der Waals surface area contributed by atoms with Gasteiger partial charge in [0.25, 0.3) is 11.8 Å². The van der Waals surface area contributed by atoms with Crippen LogP contribution < -0.4 is 5.73 Å². The van der Waals surface area contributed by atoms with Crippen molar-refractivity contribution in [1.29, 1.82) is 0 Å². The Morgan fingerprint density at radius 1 is 0.517 bits per heavy atom. The number of benzene rings is 5. The Bertz CT molecular complexity index is 2890. The van der Waals surface area contributed by atoms with Gasteiger partial charge >= 0.3 is 0 Å². The van der Waals surface area contributed by atoms with Gasteiger partial charge < -0.3 is 24.0 Å². The van der Waals surface area contributed by atoms with Crippen molar-refractivity contribution in [3.05, 3.63) is 168 Å². The molecule has 5 aromatic carbocycles. The number of ether oxygens (including phenoxy) is 2. The first-order valence-electron chi connectivity index (χ1n) is 20.1. The third-order valence-corrected chi connectivity index (χ3v) is 10.6. The average Bonchev–Trinajstić information content (AvgIpc) is 3.99. The number of imide groups is 1. The number of nitrogens with zero attached hydrogens (tertiary/aromatic N) is 3. The number of hydrogen-bond acceptors (Lipinski definition) is 9. The zero-order chi connectivity index (χ0) is 40.8. The average molecular weight is 795 g/mol. The quantitative estimate of drug-likeness (QED) is 0.0894. The minimum Gasteiger partial charge on any atom is -0.456 e. The second-order valence-corrected chi connectivity index (χ2v) is 14.7. The Hall–Kier alpha value is -6.98. The summed E-state index contributed by atoms with van der Waals surface area (Å²) in [4.78, 5) is 35.0. The predicted octanol–water partition coefficient (Wildman–Crippen LogP) is 10.4. The van der Waals surface area contributed by atoms with E-state index < -0.39 is 0 Å². The molecule has 10 rings (SSSR count). The van der Waals surface area contributed by atoms with Crippen LogP contribution in [0.25, 0.3) is 66.1 Å². The molecule has 0 radical (unpaired) electrons. The number of nitrogens with two attached hydrogens (primary N) is 1. The number of fused-ring (bicyclic) bond motifs is 5. The lowest BCUT2D eigenvalue weighted by atomic mass is 10.0. The van der Waals surface area contributed by atoms with E-state index in [1.54, 1.807) is 24.3 Å². The Kier molecular flexibility index (Phi) is 11.2. The highest BCUT2D eigenvalue weighted by atomic mass is 16.5. The van der Waals surface area contributed by atoms with E-state index in [0.717, 1.165) is 83.7 Å². The molecule has 10 nitrogen and oxygen atoms in total. The third kappa shape index (κ3) is 8.04. The normalized spacial score (nSPS) is 12.4. The highest BCUT2D eigenvalue weighted by Gasteiger charge is 2.34. The van der Waals surface area contributed by atoms with E-state index in [1.165, 1.54) is 4.90 Å². The van der Waals surface area contributed by atoms with E-state index in [0.29, 0.717) is 57.1 Å². The van der Waals surface area contributed by atoms with Crippen LogP contribution in [0, 0.1) is 0 Å². The van der Waals surface area contributed by atoms with Crippen molar-refractivity contribution in [2.75, 3.05) is 26.3 Å². The van der Waals surface area contributed by atoms with E-state index in [9.17, 15) is 9.59 Å². The van der Waals surface area contributed by atoms with Crippen molar-refractivity contribution < 1.29 is 27.9 Å². The van der Waals surface area contributed by atoms with Crippen LogP contribution in [0.3, 0.4) is 0 Å². The molecule has 0 spiro atoms. The number of aromatic nitrogens is 2. The number of rotatable bonds is 13. The molecule has 298 valence electrons. The molecule has 0 atom stereocenters. The Morgan fingerprint density at radius 2 is 1.00 bits per heavy atom. The number of hydrogen-bond donors (Lipinski definition) is 1. The molecule has 1 aliphatic rings. The van der Waals surface area contributed by atoms with E-state index in [4.69, 9.17) is 24.0 Å². The monoisotopic (exact) mass is 794 g/mol. The maximum Gasteiger partial charge on any atom is 0.261 e. The molecule has 4 aromatic heterocycles. The number of carbonyl (C=O) groups is 2. The first kappa shape index (κ1) is 38.5. The van der Waals surface area contributed by atoms with Crippen molar-refractivity contribution in [3.8, 4) is 22.6 Å². The summed E-state index contributed by atoms with van der Waals surface area (Å²) < 4.78 is 23.7. The molecule has 1 aliphatic heterocycles. The summed E-state index contributed by atoms with van der Waals surface area (Å²) in [5, 5.41) is 6.42. The summed E-state index contributed by atoms with van der Waals surface area (Å²) in [7, 11) is 0. The smallest absolute Gasteiger partial charge is 0.261 e. The van der Waals surface area contributed by atoms with Crippen molar-refractivity contribution >= 4 is 55.3 Å². The van der Waals surface area contributed by atoms with Crippen LogP contribution in [0.2, 0.25) is 0 Å². The van der Waals surface area contributed by atoms with Gasteiger partial charge in [0, 0.05) is 77.2 Å². The molecule has 0 unspecified atom stereocenters. The Morgan fingerprint density at radius 3 is 1.50 bits per heavy atom. The summed E-state index contributed by atoms with van der Waals surface area (Å²) in [6, 6.07) is 39.5. The minimum atomic E-state index is -0.230. The molecular weight excluding hydrogens is 753 g/mol. The maximum atomic E-state index is 12.5. The molecule has 2 N–H and O–H groups in total. The molecule has 10 heteroatoms. The number of amides is 2. The molecule has 2 amide bonds. The van der Waals surface area contributed by atoms with Crippen LogP contribution >= 0.6 is 0 Å². The summed E-state index contributed by atoms with van der Waals surface area (Å²) >= 11 is 0. The fourth-order valence-corrected chi connectivity index (χ4v) is 7.56. The molecule has 9 aromatic rings. The predicted molar refractivity (Wildman–Crippen MR) is 233 cm³/mol. The first-order chi connectivity index (χ1) is 29.5. The van der Waals surface area contributed by atoms with Crippen LogP contribution in [0.4, 0.5) is 0 Å². The highest BCUT2D eigenvalue weighted by molar-refractivity contribution is 6.21. The van der Waals surface area contributed by atoms with Gasteiger partial charge in [0.15, 0.2) is 0 Å². The van der Waals surface area contributed by atoms with Crippen LogP contribution in [0.1, 0.15) is 44.7 Å². The fraction of sp³-hybridized carbons (Fsp3) is 0.160. The van der Waals surface area contributed by atoms with Gasteiger partial charge in [-0.2, -0.15) is 0 Å². The Balaban J connectivity index is 0.000000163. The lowest BCUT2D eigenvalue weighted by Gasteiger charge is -2.13. The summed E-state index contributed by atoms with van der Waals surface area (Å²) in [6.45, 7) is 3.13. The van der Waals surface area contributed by atoms with Gasteiger partial charge in [0.2, 0.25) is 0 Å². The summed E-state index contributed by atoms with van der Waals surface area (Å²) in [5.74, 6) is 1.16. The van der Waals surface area contributed by atoms with Crippen molar-refractivity contribution in [1.82, 2.24) is 14.9 Å². The Labute approximate surface area is 346 Å². The first-order valence-corrected chi connectivity index (χ1v) is 20.1. The van der Waals surface area contributed by atoms with Gasteiger partial charge in [-0.15, -0.1) is 0 Å². The lowest BCUT2D eigenvalue weighted by Crippen LogP contribution is -2.31. The zero-order valence-corrected chi connectivity index (χ0v) is 32.9. The number of pyridine rings is 2. The fourth-order valence-electron chi connectivity index (χ4n) is 7.56. The molecule has 0 fully saturated rings. The summed E-state index contributed by atoms with van der Waals surface area (Å²) in [5.41, 5.74) is 12.3. The van der Waals surface area contributed by atoms with Crippen LogP contribution in [-0.2, 0) is 22.7 Å². The second kappa shape index (κ2) is 17.5. The van der Waals surface area contributed by atoms with Crippen LogP contribution in [0.5, 0.6) is 0 Å². The van der Waals surface area contributed by atoms with Crippen LogP contribution in [-0.4, -0.2) is 53.0 Å². The van der Waals surface area contributed by atoms with Crippen molar-refractivity contribution in [3.63, 3.8) is 0 Å². The molecule has 60 heavy (non-hydrogen) atoms. The second-order valence-electron chi connectivity index (χ2n) is 14.7. The van der Waals surface area contributed by atoms with Gasteiger partial charge in [-0.1, -0.05) is 72.8 Å². The van der Waals surface area contributed by atoms with Crippen molar-refractivity contribution in [2.24, 2.45) is 5.73 Å². The van der Waals surface area contributed by atoms with E-state index in [2.05, 4.69) is 46.4 Å². The standard InChI is InChI=1S/C29H22N2O4.C21H20N2O2/c32-28-22-7-2-3-8-23(22)29(33)31(28)12-5-13-34-18-19-10-11-21-16-30-17-25(24(21)14-19)27-15-20-6-1-4-9-26(20)35-27;22-8-3-9-24-14-15-6-7-17-12-23-13-19(18(17)10-15)21-11-16-4-1-2-5-20(16)25-21/h1-4,6-11,14-17H,5,12-13,18H2;1-2,4-7,10-13H,3,8-9,14,22H2. The molecule has 5 heterocycles. The molecule has 0 aliphatic carbocycles. The van der Waals surface area contributed by atoms with Crippen LogP contribution in [0.15, 0.2) is 155 Å². The molecule has 0 saturated heterocycles. The van der Waals surface area contributed by atoms with Gasteiger partial charge in [-0.25, -0.2) is 0 Å². The van der Waals surface area contributed by atoms with Gasteiger partial charge in [0.05, 0.1) is 24.3 Å². The number of para-hydroxylation sites is 2.